The Morgan fingerprint density at radius 2 is 2.23 bits per heavy atom. The number of carbonyl (C=O) groups is 1. The van der Waals surface area contributed by atoms with E-state index >= 15 is 0 Å². The van der Waals surface area contributed by atoms with Crippen molar-refractivity contribution in [3.63, 3.8) is 0 Å². The number of rotatable bonds is 3. The third-order valence-electron chi connectivity index (χ3n) is 1.47. The molecule has 3 nitrogen and oxygen atoms in total. The molecule has 0 fully saturated rings. The Morgan fingerprint density at radius 1 is 1.54 bits per heavy atom. The number of hydrogen-bond donors (Lipinski definition) is 3. The van der Waals surface area contributed by atoms with E-state index in [2.05, 4.69) is 43.2 Å². The average molecular weight is 232 g/mol. The van der Waals surface area contributed by atoms with Gasteiger partial charge < -0.3 is 0 Å². The summed E-state index contributed by atoms with van der Waals surface area (Å²) in [7, 11) is 0. The van der Waals surface area contributed by atoms with Crippen LogP contribution in [-0.2, 0) is 4.79 Å². The van der Waals surface area contributed by atoms with Gasteiger partial charge in [0.1, 0.15) is 6.04 Å². The van der Waals surface area contributed by atoms with Crippen molar-refractivity contribution in [3.05, 3.63) is 30.1 Å². The normalized spacial score (nSPS) is 12.9. The van der Waals surface area contributed by atoms with Crippen molar-refractivity contribution in [1.82, 2.24) is 8.69 Å². The minimum atomic E-state index is -0.580. The lowest BCUT2D eigenvalue weighted by Crippen LogP contribution is -2.17. The highest BCUT2D eigenvalue weighted by Crippen LogP contribution is 2.25. The van der Waals surface area contributed by atoms with Crippen LogP contribution in [0.15, 0.2) is 24.5 Å². The fourth-order valence-electron chi connectivity index (χ4n) is 0.912. The number of carbonyl (C=O) groups excluding carboxylic acids is 1. The topological polar surface area (TPSA) is 33.2 Å². The first-order chi connectivity index (χ1) is 6.13. The largest absolute Gasteiger partial charge is 0.285 e. The van der Waals surface area contributed by atoms with Gasteiger partial charge in [-0.3, -0.25) is 9.78 Å². The molecule has 0 saturated carbocycles. The molecule has 0 aliphatic rings. The number of hydrogen-bond acceptors (Lipinski definition) is 5. The van der Waals surface area contributed by atoms with Gasteiger partial charge in [0.05, 0.1) is 0 Å². The van der Waals surface area contributed by atoms with Crippen molar-refractivity contribution in [3.8, 4) is 0 Å². The summed E-state index contributed by atoms with van der Waals surface area (Å²) in [6.45, 7) is 0. The van der Waals surface area contributed by atoms with E-state index < -0.39 is 6.04 Å². The molecule has 0 N–H and O–H groups in total. The molecule has 0 bridgehead atoms. The van der Waals surface area contributed by atoms with Gasteiger partial charge >= 0.3 is 0 Å². The first-order valence-corrected chi connectivity index (χ1v) is 4.67. The summed E-state index contributed by atoms with van der Waals surface area (Å²) < 4.78 is 1.20. The van der Waals surface area contributed by atoms with E-state index in [0.717, 1.165) is 0 Å². The van der Waals surface area contributed by atoms with Crippen LogP contribution in [0.1, 0.15) is 11.6 Å². The van der Waals surface area contributed by atoms with Gasteiger partial charge in [-0.15, -0.1) is 12.6 Å². The first kappa shape index (κ1) is 10.9. The van der Waals surface area contributed by atoms with E-state index in [4.69, 9.17) is 0 Å². The van der Waals surface area contributed by atoms with E-state index in [1.54, 1.807) is 24.5 Å². The van der Waals surface area contributed by atoms with Crippen LogP contribution in [0.5, 0.6) is 0 Å². The lowest BCUT2D eigenvalue weighted by atomic mass is 10.1. The van der Waals surface area contributed by atoms with E-state index in [1.807, 2.05) is 0 Å². The summed E-state index contributed by atoms with van der Waals surface area (Å²) in [5, 5.41) is -0.321. The number of nitrogens with zero attached hydrogens (tertiary/aromatic N) is 2. The molecule has 1 rings (SSSR count). The molecular weight excluding hydrogens is 224 g/mol. The fraction of sp³-hybridized carbons (Fsp3) is 0.143. The molecule has 0 spiro atoms. The molecule has 6 heteroatoms. The summed E-state index contributed by atoms with van der Waals surface area (Å²) in [4.78, 5) is 15.0. The smallest absolute Gasteiger partial charge is 0.209 e. The van der Waals surface area contributed by atoms with Crippen LogP contribution < -0.4 is 0 Å². The van der Waals surface area contributed by atoms with E-state index in [0.29, 0.717) is 5.56 Å². The quantitative estimate of drug-likeness (QED) is 0.692. The lowest BCUT2D eigenvalue weighted by Gasteiger charge is -2.17. The molecule has 13 heavy (non-hydrogen) atoms. The monoisotopic (exact) mass is 232 g/mol. The van der Waals surface area contributed by atoms with E-state index in [9.17, 15) is 4.79 Å². The second-order valence-corrected chi connectivity index (χ2v) is 3.97. The number of aromatic nitrogens is 1. The summed E-state index contributed by atoms with van der Waals surface area (Å²) in [6.07, 6.45) is 3.21. The minimum absolute atomic E-state index is 0.321. The van der Waals surface area contributed by atoms with Crippen molar-refractivity contribution in [2.45, 2.75) is 6.04 Å². The van der Waals surface area contributed by atoms with Crippen LogP contribution in [0.3, 0.4) is 0 Å². The van der Waals surface area contributed by atoms with Crippen molar-refractivity contribution in [2.24, 2.45) is 0 Å². The molecule has 0 aliphatic heterocycles. The van der Waals surface area contributed by atoms with Gasteiger partial charge in [-0.2, -0.15) is 3.71 Å². The molecule has 1 heterocycles. The van der Waals surface area contributed by atoms with Gasteiger partial charge in [-0.05, 0) is 11.6 Å². The molecule has 0 aliphatic carbocycles. The number of thiol groups is 3. The molecule has 1 unspecified atom stereocenters. The van der Waals surface area contributed by atoms with Crippen molar-refractivity contribution in [2.75, 3.05) is 0 Å². The van der Waals surface area contributed by atoms with Crippen LogP contribution in [0.2, 0.25) is 0 Å². The summed E-state index contributed by atoms with van der Waals surface area (Å²) >= 11 is 11.6. The number of pyridine rings is 1. The Morgan fingerprint density at radius 3 is 2.62 bits per heavy atom. The van der Waals surface area contributed by atoms with Gasteiger partial charge in [-0.25, -0.2) is 0 Å². The maximum absolute atomic E-state index is 11.1. The average Bonchev–Trinajstić information content (AvgIpc) is 2.04. The highest BCUT2D eigenvalue weighted by Gasteiger charge is 2.21. The minimum Gasteiger partial charge on any atom is -0.285 e. The van der Waals surface area contributed by atoms with Crippen molar-refractivity contribution < 1.29 is 4.79 Å². The predicted octanol–water partition coefficient (Wildman–Crippen LogP) is 1.57. The van der Waals surface area contributed by atoms with Gasteiger partial charge in [0.2, 0.25) is 5.12 Å². The second-order valence-electron chi connectivity index (χ2n) is 2.35. The zero-order chi connectivity index (χ0) is 9.84. The third-order valence-corrected chi connectivity index (χ3v) is 2.17. The van der Waals surface area contributed by atoms with E-state index in [1.165, 1.54) is 3.71 Å². The third kappa shape index (κ3) is 2.91. The highest BCUT2D eigenvalue weighted by molar-refractivity contribution is 7.97. The molecule has 70 valence electrons. The van der Waals surface area contributed by atoms with Gasteiger partial charge in [0.15, 0.2) is 0 Å². The Bertz CT molecular complexity index is 291. The summed E-state index contributed by atoms with van der Waals surface area (Å²) in [6, 6.07) is 2.93. The summed E-state index contributed by atoms with van der Waals surface area (Å²) in [5.41, 5.74) is 0.715. The van der Waals surface area contributed by atoms with Crippen LogP contribution in [0.25, 0.3) is 0 Å². The van der Waals surface area contributed by atoms with Gasteiger partial charge in [0.25, 0.3) is 0 Å². The fourth-order valence-corrected chi connectivity index (χ4v) is 1.84. The molecule has 1 atom stereocenters. The Labute approximate surface area is 93.0 Å². The maximum Gasteiger partial charge on any atom is 0.209 e. The van der Waals surface area contributed by atoms with E-state index in [-0.39, 0.29) is 5.12 Å². The van der Waals surface area contributed by atoms with Crippen LogP contribution in [0, 0.1) is 0 Å². The van der Waals surface area contributed by atoms with Gasteiger partial charge in [0, 0.05) is 12.4 Å². The predicted molar refractivity (Wildman–Crippen MR) is 60.8 cm³/mol. The lowest BCUT2D eigenvalue weighted by molar-refractivity contribution is -0.113. The van der Waals surface area contributed by atoms with Crippen molar-refractivity contribution in [1.29, 1.82) is 0 Å². The zero-order valence-electron chi connectivity index (χ0n) is 6.53. The Kier molecular flexibility index (Phi) is 4.11. The van der Waals surface area contributed by atoms with Gasteiger partial charge in [-0.1, -0.05) is 31.7 Å². The van der Waals surface area contributed by atoms with Crippen molar-refractivity contribution >= 4 is 43.4 Å². The SMILES string of the molecule is O=C(S)C(c1cccnc1)N(S)S. The molecule has 0 aromatic carbocycles. The van der Waals surface area contributed by atoms with Crippen LogP contribution >= 0.6 is 38.3 Å². The zero-order valence-corrected chi connectivity index (χ0v) is 9.21. The molecule has 1 aromatic rings. The Balaban J connectivity index is 2.96. The maximum atomic E-state index is 11.1. The highest BCUT2D eigenvalue weighted by atomic mass is 32.2. The molecule has 0 amide bonds. The van der Waals surface area contributed by atoms with Crippen LogP contribution in [0.4, 0.5) is 0 Å². The standard InChI is InChI=1S/C7H8N2OS3/c10-7(11)6(9(12)13)5-2-1-3-8-4-5/h1-4,6,12-13H,(H,10,11). The first-order valence-electron chi connectivity index (χ1n) is 3.42. The molecular formula is C7H8N2OS3. The molecule has 0 saturated heterocycles. The summed E-state index contributed by atoms with van der Waals surface area (Å²) in [5.74, 6) is 0. The van der Waals surface area contributed by atoms with Crippen LogP contribution in [-0.4, -0.2) is 13.8 Å². The Hall–Kier alpha value is -0.170. The molecule has 0 radical (unpaired) electrons. The second kappa shape index (κ2) is 4.90. The molecule has 1 aromatic heterocycles.